The molecule has 0 saturated heterocycles. The second-order valence-electron chi connectivity index (χ2n) is 3.13. The first kappa shape index (κ1) is 10.0. The summed E-state index contributed by atoms with van der Waals surface area (Å²) in [5.74, 6) is 2.64. The zero-order chi connectivity index (χ0) is 9.68. The van der Waals surface area contributed by atoms with Gasteiger partial charge in [-0.25, -0.2) is 0 Å². The van der Waals surface area contributed by atoms with Crippen molar-refractivity contribution in [3.05, 3.63) is 29.0 Å². The van der Waals surface area contributed by atoms with Crippen LogP contribution in [-0.2, 0) is 0 Å². The van der Waals surface area contributed by atoms with E-state index in [0.29, 0.717) is 0 Å². The van der Waals surface area contributed by atoms with E-state index in [1.165, 1.54) is 10.5 Å². The Bertz CT molecular complexity index is 305. The summed E-state index contributed by atoms with van der Waals surface area (Å²) in [6.45, 7) is 5.71. The van der Waals surface area contributed by atoms with Gasteiger partial charge in [0.25, 0.3) is 0 Å². The minimum atomic E-state index is 0.753. The van der Waals surface area contributed by atoms with Crippen molar-refractivity contribution in [3.8, 4) is 12.3 Å². The Balaban J connectivity index is 2.48. The Morgan fingerprint density at radius 2 is 2.54 bits per heavy atom. The topological polar surface area (TPSA) is 4.44 Å². The van der Waals surface area contributed by atoms with Crippen LogP contribution >= 0.6 is 11.3 Å². The molecule has 0 aromatic carbocycles. The lowest BCUT2D eigenvalue weighted by atomic mass is 10.1. The summed E-state index contributed by atoms with van der Waals surface area (Å²) < 4.78 is 0. The van der Waals surface area contributed by atoms with Crippen LogP contribution in [0.3, 0.4) is 0 Å². The van der Waals surface area contributed by atoms with E-state index in [4.69, 9.17) is 6.42 Å². The number of rotatable bonds is 4. The van der Waals surface area contributed by atoms with E-state index in [2.05, 4.69) is 36.4 Å². The maximum absolute atomic E-state index is 5.23. The van der Waals surface area contributed by atoms with Crippen molar-refractivity contribution in [2.45, 2.75) is 0 Å². The van der Waals surface area contributed by atoms with Crippen LogP contribution in [0.15, 0.2) is 23.4 Å². The number of hydrogen-bond donors (Lipinski definition) is 1. The zero-order valence-electron chi connectivity index (χ0n) is 7.84. The summed E-state index contributed by atoms with van der Waals surface area (Å²) in [5, 5.41) is 4.18. The third kappa shape index (κ3) is 3.06. The zero-order valence-corrected chi connectivity index (χ0v) is 8.66. The molecule has 13 heavy (non-hydrogen) atoms. The third-order valence-corrected chi connectivity index (χ3v) is 2.53. The number of quaternary nitrogens is 1. The maximum Gasteiger partial charge on any atom is 0.139 e. The molecule has 0 amide bonds. The lowest BCUT2D eigenvalue weighted by molar-refractivity contribution is -0.863. The second-order valence-corrected chi connectivity index (χ2v) is 3.91. The van der Waals surface area contributed by atoms with Gasteiger partial charge in [-0.15, -0.1) is 6.42 Å². The Hall–Kier alpha value is -1.04. The molecule has 1 heterocycles. The largest absolute Gasteiger partial charge is 0.324 e. The molecule has 1 aromatic rings. The maximum atomic E-state index is 5.23. The average molecular weight is 192 g/mol. The molecule has 0 aliphatic heterocycles. The molecule has 0 aliphatic carbocycles. The third-order valence-electron chi connectivity index (χ3n) is 1.85. The van der Waals surface area contributed by atoms with Crippen molar-refractivity contribution in [1.82, 2.24) is 0 Å². The fraction of sp³-hybridized carbons (Fsp3) is 0.273. The van der Waals surface area contributed by atoms with Gasteiger partial charge in [-0.2, -0.15) is 11.3 Å². The number of nitrogens with one attached hydrogen (secondary N) is 1. The molecule has 1 unspecified atom stereocenters. The molecular formula is C11H14NS+. The van der Waals surface area contributed by atoms with Crippen LogP contribution in [0.25, 0.3) is 5.57 Å². The van der Waals surface area contributed by atoms with Crippen molar-refractivity contribution in [2.24, 2.45) is 0 Å². The Morgan fingerprint density at radius 3 is 3.08 bits per heavy atom. The first-order valence-corrected chi connectivity index (χ1v) is 5.13. The van der Waals surface area contributed by atoms with Gasteiger partial charge in [0.1, 0.15) is 13.1 Å². The van der Waals surface area contributed by atoms with E-state index in [-0.39, 0.29) is 0 Å². The fourth-order valence-corrected chi connectivity index (χ4v) is 1.86. The highest BCUT2D eigenvalue weighted by Crippen LogP contribution is 2.13. The molecule has 0 saturated carbocycles. The lowest BCUT2D eigenvalue weighted by Gasteiger charge is -2.11. The predicted octanol–water partition coefficient (Wildman–Crippen LogP) is 0.909. The SMILES string of the molecule is C#CC[NH+](C)CC(=C)c1ccsc1. The minimum Gasteiger partial charge on any atom is -0.324 e. The monoisotopic (exact) mass is 192 g/mol. The first-order valence-electron chi connectivity index (χ1n) is 4.19. The smallest absolute Gasteiger partial charge is 0.139 e. The van der Waals surface area contributed by atoms with Gasteiger partial charge in [0.2, 0.25) is 0 Å². The van der Waals surface area contributed by atoms with Crippen molar-refractivity contribution < 1.29 is 4.90 Å². The van der Waals surface area contributed by atoms with Crippen LogP contribution in [0.2, 0.25) is 0 Å². The average Bonchev–Trinajstić information content (AvgIpc) is 2.55. The van der Waals surface area contributed by atoms with Crippen LogP contribution in [0.1, 0.15) is 5.56 Å². The molecule has 0 aliphatic rings. The molecule has 0 radical (unpaired) electrons. The Morgan fingerprint density at radius 1 is 1.77 bits per heavy atom. The van der Waals surface area contributed by atoms with E-state index in [0.717, 1.165) is 18.7 Å². The first-order chi connectivity index (χ1) is 6.24. The molecule has 0 bridgehead atoms. The summed E-state index contributed by atoms with van der Waals surface area (Å²) in [6, 6.07) is 2.09. The molecule has 68 valence electrons. The van der Waals surface area contributed by atoms with Crippen molar-refractivity contribution in [1.29, 1.82) is 0 Å². The number of hydrogen-bond acceptors (Lipinski definition) is 1. The highest BCUT2D eigenvalue weighted by Gasteiger charge is 2.05. The molecule has 0 fully saturated rings. The molecule has 1 rings (SSSR count). The molecule has 0 spiro atoms. The van der Waals surface area contributed by atoms with Gasteiger partial charge in [-0.05, 0) is 28.3 Å². The van der Waals surface area contributed by atoms with Gasteiger partial charge in [-0.3, -0.25) is 0 Å². The van der Waals surface area contributed by atoms with E-state index in [1.54, 1.807) is 11.3 Å². The van der Waals surface area contributed by atoms with Crippen LogP contribution in [0, 0.1) is 12.3 Å². The van der Waals surface area contributed by atoms with Crippen LogP contribution in [0.4, 0.5) is 0 Å². The molecule has 1 nitrogen and oxygen atoms in total. The molecule has 2 heteroatoms. The fourth-order valence-electron chi connectivity index (χ4n) is 1.17. The summed E-state index contributed by atoms with van der Waals surface area (Å²) in [7, 11) is 2.08. The van der Waals surface area contributed by atoms with Gasteiger partial charge >= 0.3 is 0 Å². The summed E-state index contributed by atoms with van der Waals surface area (Å²) in [6.07, 6.45) is 5.23. The van der Waals surface area contributed by atoms with E-state index in [9.17, 15) is 0 Å². The van der Waals surface area contributed by atoms with Crippen molar-refractivity contribution in [3.63, 3.8) is 0 Å². The van der Waals surface area contributed by atoms with Gasteiger partial charge in [-0.1, -0.05) is 6.58 Å². The highest BCUT2D eigenvalue weighted by molar-refractivity contribution is 7.08. The molecule has 1 N–H and O–H groups in total. The Kier molecular flexibility index (Phi) is 3.75. The molecular weight excluding hydrogens is 178 g/mol. The summed E-state index contributed by atoms with van der Waals surface area (Å²) >= 11 is 1.70. The number of thiophene rings is 1. The minimum absolute atomic E-state index is 0.753. The number of likely N-dealkylation sites (N-methyl/N-ethyl adjacent to an activating group) is 1. The van der Waals surface area contributed by atoms with E-state index < -0.39 is 0 Å². The predicted molar refractivity (Wildman–Crippen MR) is 58.8 cm³/mol. The molecule has 1 atom stereocenters. The van der Waals surface area contributed by atoms with E-state index >= 15 is 0 Å². The second kappa shape index (κ2) is 4.86. The summed E-state index contributed by atoms with van der Waals surface area (Å²) in [5.41, 5.74) is 2.40. The van der Waals surface area contributed by atoms with Gasteiger partial charge < -0.3 is 4.90 Å². The highest BCUT2D eigenvalue weighted by atomic mass is 32.1. The van der Waals surface area contributed by atoms with Gasteiger partial charge in [0.15, 0.2) is 0 Å². The normalized spacial score (nSPS) is 12.0. The number of terminal acetylenes is 1. The Labute approximate surface area is 83.7 Å². The van der Waals surface area contributed by atoms with Crippen molar-refractivity contribution in [2.75, 3.05) is 20.1 Å². The van der Waals surface area contributed by atoms with Crippen LogP contribution in [-0.4, -0.2) is 20.1 Å². The summed E-state index contributed by atoms with van der Waals surface area (Å²) in [4.78, 5) is 1.30. The van der Waals surface area contributed by atoms with Gasteiger partial charge in [0, 0.05) is 5.57 Å². The van der Waals surface area contributed by atoms with Crippen LogP contribution in [0.5, 0.6) is 0 Å². The van der Waals surface area contributed by atoms with Crippen molar-refractivity contribution >= 4 is 16.9 Å². The standard InChI is InChI=1S/C11H13NS/c1-4-6-12(3)8-10(2)11-5-7-13-9-11/h1,5,7,9H,2,6,8H2,3H3/p+1. The quantitative estimate of drug-likeness (QED) is 0.676. The lowest BCUT2D eigenvalue weighted by Crippen LogP contribution is -3.08. The van der Waals surface area contributed by atoms with Crippen LogP contribution < -0.4 is 4.90 Å². The van der Waals surface area contributed by atoms with E-state index in [1.807, 2.05) is 0 Å². The van der Waals surface area contributed by atoms with Gasteiger partial charge in [0.05, 0.1) is 7.05 Å². The molecule has 1 aromatic heterocycles.